The third kappa shape index (κ3) is 7.90. The molecule has 2 aromatic carbocycles. The van der Waals surface area contributed by atoms with Gasteiger partial charge in [-0.2, -0.15) is 0 Å². The van der Waals surface area contributed by atoms with Gasteiger partial charge in [-0.1, -0.05) is 77.5 Å². The number of hydrogen-bond donors (Lipinski definition) is 4. The number of fused-ring (bicyclic) bond motifs is 7. The number of nitrogens with zero attached hydrogens (tertiary/aromatic N) is 1. The van der Waals surface area contributed by atoms with E-state index in [2.05, 4.69) is 69.0 Å². The third-order valence-electron chi connectivity index (χ3n) is 19.2. The number of piperidine rings is 1. The minimum atomic E-state index is -0.369. The van der Waals surface area contributed by atoms with Crippen LogP contribution in [0.3, 0.4) is 0 Å². The van der Waals surface area contributed by atoms with E-state index in [0.29, 0.717) is 66.8 Å². The fourth-order valence-electron chi connectivity index (χ4n) is 15.6. The van der Waals surface area contributed by atoms with Crippen LogP contribution in [0.5, 0.6) is 0 Å². The van der Waals surface area contributed by atoms with Crippen LogP contribution in [0.1, 0.15) is 157 Å². The van der Waals surface area contributed by atoms with E-state index in [1.807, 2.05) is 48.5 Å². The first-order chi connectivity index (χ1) is 29.5. The largest absolute Gasteiger partial charge is 0.393 e. The van der Waals surface area contributed by atoms with Gasteiger partial charge in [0.25, 0.3) is 11.8 Å². The number of carbonyl (C=O) groups is 3. The lowest BCUT2D eigenvalue weighted by Gasteiger charge is -2.72. The Morgan fingerprint density at radius 1 is 0.726 bits per heavy atom. The number of aliphatic hydroxyl groups is 1. The maximum atomic E-state index is 14.7. The summed E-state index contributed by atoms with van der Waals surface area (Å²) in [5.74, 6) is 2.36. The van der Waals surface area contributed by atoms with Gasteiger partial charge < -0.3 is 26.0 Å². The molecule has 3 amide bonds. The monoisotopic (exact) mass is 847 g/mol. The van der Waals surface area contributed by atoms with E-state index >= 15 is 0 Å². The second-order valence-electron chi connectivity index (χ2n) is 22.5. The van der Waals surface area contributed by atoms with Gasteiger partial charge in [0, 0.05) is 37.3 Å². The SMILES string of the molecule is C=C(C)[C@@H]1CC[C@]2(C(=O)NCCc3cccc(C(=O)NCc4ccc(C(=O)NCCN5CCCCC5)cc4)c3)CC[C@]3(C)C(CCC4[C@@]5(C)CC[C@H](O)C(C)(C)C5CC[C@]43C)C12. The highest BCUT2D eigenvalue weighted by Crippen LogP contribution is 2.77. The third-order valence-corrected chi connectivity index (χ3v) is 19.2. The summed E-state index contributed by atoms with van der Waals surface area (Å²) in [4.78, 5) is 43.2. The minimum absolute atomic E-state index is 0.0575. The molecule has 4 unspecified atom stereocenters. The van der Waals surface area contributed by atoms with E-state index in [1.54, 1.807) is 0 Å². The van der Waals surface area contributed by atoms with E-state index in [9.17, 15) is 19.5 Å². The number of allylic oxidation sites excluding steroid dienone is 1. The summed E-state index contributed by atoms with van der Waals surface area (Å²) in [6, 6.07) is 15.2. The van der Waals surface area contributed by atoms with Gasteiger partial charge in [0.1, 0.15) is 0 Å². The van der Waals surface area contributed by atoms with E-state index in [0.717, 1.165) is 69.3 Å². The van der Waals surface area contributed by atoms with Crippen molar-refractivity contribution in [1.29, 1.82) is 0 Å². The molecule has 2 aromatic rings. The quantitative estimate of drug-likeness (QED) is 0.159. The molecule has 0 bridgehead atoms. The van der Waals surface area contributed by atoms with Crippen LogP contribution in [-0.2, 0) is 17.8 Å². The lowest BCUT2D eigenvalue weighted by Crippen LogP contribution is -2.67. The van der Waals surface area contributed by atoms with Crippen molar-refractivity contribution in [1.82, 2.24) is 20.9 Å². The molecule has 8 nitrogen and oxygen atoms in total. The number of carbonyl (C=O) groups excluding carboxylic acids is 3. The standard InChI is InChI=1S/C54H78N4O4/c1-36(2)41-20-26-54(28-27-52(6)42(46(41)54)18-19-44-51(5)24-22-45(59)50(3,4)43(51)21-25-53(44,52)7)49(62)56-29-23-37-12-11-13-40(34-37)48(61)57-35-38-14-16-39(17-15-38)47(60)55-30-33-58-31-9-8-10-32-58/h11-17,34,41-46,59H,1,8-10,18-33,35H2,2-7H3,(H,55,60)(H,56,62)(H,57,61)/t41-,42?,43?,44?,45-,46?,51-,52+,53+,54-/m0/s1. The summed E-state index contributed by atoms with van der Waals surface area (Å²) in [6.45, 7) is 23.9. The Morgan fingerprint density at radius 3 is 2.21 bits per heavy atom. The molecule has 1 aliphatic heterocycles. The number of hydrogen-bond acceptors (Lipinski definition) is 5. The van der Waals surface area contributed by atoms with Crippen LogP contribution in [0.4, 0.5) is 0 Å². The average Bonchev–Trinajstić information content (AvgIpc) is 3.67. The predicted octanol–water partition coefficient (Wildman–Crippen LogP) is 9.51. The minimum Gasteiger partial charge on any atom is -0.393 e. The summed E-state index contributed by atoms with van der Waals surface area (Å²) >= 11 is 0. The molecular weight excluding hydrogens is 769 g/mol. The van der Waals surface area contributed by atoms with Gasteiger partial charge in [-0.05, 0) is 190 Å². The van der Waals surface area contributed by atoms with Gasteiger partial charge in [-0.25, -0.2) is 0 Å². The molecule has 0 radical (unpaired) electrons. The zero-order valence-corrected chi connectivity index (χ0v) is 39.1. The van der Waals surface area contributed by atoms with E-state index in [-0.39, 0.29) is 50.9 Å². The van der Waals surface area contributed by atoms with Crippen LogP contribution < -0.4 is 16.0 Å². The predicted molar refractivity (Wildman–Crippen MR) is 248 cm³/mol. The summed E-state index contributed by atoms with van der Waals surface area (Å²) in [6.07, 6.45) is 15.1. The van der Waals surface area contributed by atoms with Gasteiger partial charge in [-0.3, -0.25) is 14.4 Å². The molecule has 10 atom stereocenters. The van der Waals surface area contributed by atoms with E-state index < -0.39 is 0 Å². The Bertz CT molecular complexity index is 1990. The van der Waals surface area contributed by atoms with Crippen LogP contribution >= 0.6 is 0 Å². The van der Waals surface area contributed by atoms with Gasteiger partial charge in [0.2, 0.25) is 5.91 Å². The molecule has 1 saturated heterocycles. The zero-order valence-electron chi connectivity index (χ0n) is 39.1. The Morgan fingerprint density at radius 2 is 1.47 bits per heavy atom. The number of nitrogens with one attached hydrogen (secondary N) is 3. The maximum absolute atomic E-state index is 14.7. The van der Waals surface area contributed by atoms with Gasteiger partial charge in [0.15, 0.2) is 0 Å². The molecule has 1 heterocycles. The number of amides is 3. The lowest BCUT2D eigenvalue weighted by molar-refractivity contribution is -0.246. The van der Waals surface area contributed by atoms with Crippen molar-refractivity contribution in [3.63, 3.8) is 0 Å². The van der Waals surface area contributed by atoms with Crippen molar-refractivity contribution >= 4 is 17.7 Å². The number of benzene rings is 2. The molecular formula is C54H78N4O4. The number of rotatable bonds is 12. The molecule has 8 rings (SSSR count). The first-order valence-corrected chi connectivity index (χ1v) is 24.6. The topological polar surface area (TPSA) is 111 Å². The van der Waals surface area contributed by atoms with Crippen molar-refractivity contribution in [2.75, 3.05) is 32.7 Å². The molecule has 6 aliphatic rings. The summed E-state index contributed by atoms with van der Waals surface area (Å²) < 4.78 is 0. The molecule has 338 valence electrons. The zero-order chi connectivity index (χ0) is 44.1. The molecule has 5 saturated carbocycles. The molecule has 0 aromatic heterocycles. The second kappa shape index (κ2) is 17.5. The number of aliphatic hydroxyl groups excluding tert-OH is 1. The Balaban J connectivity index is 0.871. The Hall–Kier alpha value is -3.49. The van der Waals surface area contributed by atoms with Crippen LogP contribution in [0.2, 0.25) is 0 Å². The summed E-state index contributed by atoms with van der Waals surface area (Å²) in [5.41, 5.74) is 4.59. The molecule has 6 fully saturated rings. The Kier molecular flexibility index (Phi) is 12.7. The molecule has 4 N–H and O–H groups in total. The van der Waals surface area contributed by atoms with Crippen molar-refractivity contribution in [2.45, 2.75) is 144 Å². The van der Waals surface area contributed by atoms with Gasteiger partial charge in [0.05, 0.1) is 11.5 Å². The molecule has 0 spiro atoms. The van der Waals surface area contributed by atoms with Gasteiger partial charge in [-0.15, -0.1) is 0 Å². The van der Waals surface area contributed by atoms with Crippen molar-refractivity contribution in [3.8, 4) is 0 Å². The number of likely N-dealkylation sites (tertiary alicyclic amines) is 1. The fraction of sp³-hybridized carbons (Fsp3) is 0.685. The Labute approximate surface area is 373 Å². The molecule has 5 aliphatic carbocycles. The normalized spacial score (nSPS) is 36.2. The smallest absolute Gasteiger partial charge is 0.251 e. The average molecular weight is 847 g/mol. The van der Waals surface area contributed by atoms with Crippen molar-refractivity contribution in [3.05, 3.63) is 82.9 Å². The highest BCUT2D eigenvalue weighted by atomic mass is 16.3. The molecule has 8 heteroatoms. The van der Waals surface area contributed by atoms with Crippen LogP contribution in [0.15, 0.2) is 60.7 Å². The maximum Gasteiger partial charge on any atom is 0.251 e. The highest BCUT2D eigenvalue weighted by Gasteiger charge is 2.71. The summed E-state index contributed by atoms with van der Waals surface area (Å²) in [7, 11) is 0. The first kappa shape index (κ1) is 45.1. The fourth-order valence-corrected chi connectivity index (χ4v) is 15.6. The summed E-state index contributed by atoms with van der Waals surface area (Å²) in [5, 5.41) is 20.7. The van der Waals surface area contributed by atoms with E-state index in [1.165, 1.54) is 50.5 Å². The van der Waals surface area contributed by atoms with Crippen LogP contribution in [-0.4, -0.2) is 66.6 Å². The van der Waals surface area contributed by atoms with Crippen LogP contribution in [0.25, 0.3) is 0 Å². The van der Waals surface area contributed by atoms with Gasteiger partial charge >= 0.3 is 0 Å². The van der Waals surface area contributed by atoms with Crippen LogP contribution in [0, 0.1) is 56.7 Å². The van der Waals surface area contributed by atoms with Crippen molar-refractivity contribution in [2.24, 2.45) is 56.7 Å². The van der Waals surface area contributed by atoms with Crippen molar-refractivity contribution < 1.29 is 19.5 Å². The molecule has 62 heavy (non-hydrogen) atoms. The first-order valence-electron chi connectivity index (χ1n) is 24.6. The second-order valence-corrected chi connectivity index (χ2v) is 22.5. The lowest BCUT2D eigenvalue weighted by atomic mass is 9.32. The van der Waals surface area contributed by atoms with E-state index in [4.69, 9.17) is 0 Å². The highest BCUT2D eigenvalue weighted by molar-refractivity contribution is 5.95.